The number of fused-ring (bicyclic) bond motifs is 9. The third-order valence-corrected chi connectivity index (χ3v) is 11.7. The van der Waals surface area contributed by atoms with Crippen LogP contribution in [0.4, 0.5) is 17.1 Å². The van der Waals surface area contributed by atoms with Crippen LogP contribution in [0.2, 0.25) is 0 Å². The SMILES string of the molecule is [2H]c1c([2H])c([2H])c2c(c1[2H])c1c([2H])c([2H])c([2H])c([2H])c1n2-c1ccc2cc3c(cc2c1)-c1cc2ccc(N(c4cc(C(C)(C)C)ccc4C)c4cc(C(C)(C)C)ccc4C)cc2cc1-3. The molecule has 0 atom stereocenters. The lowest BCUT2D eigenvalue weighted by Gasteiger charge is -2.32. The molecule has 0 N–H and O–H groups in total. The smallest absolute Gasteiger partial charge is 0.0645 e. The lowest BCUT2D eigenvalue weighted by Crippen LogP contribution is -2.18. The monoisotopic (exact) mass is 732 g/mol. The molecule has 0 radical (unpaired) electrons. The van der Waals surface area contributed by atoms with Gasteiger partial charge in [-0.15, -0.1) is 0 Å². The van der Waals surface area contributed by atoms with Crippen LogP contribution in [0.3, 0.4) is 0 Å². The number of para-hydroxylation sites is 2. The van der Waals surface area contributed by atoms with Gasteiger partial charge in [-0.3, -0.25) is 0 Å². The summed E-state index contributed by atoms with van der Waals surface area (Å²) >= 11 is 0. The van der Waals surface area contributed by atoms with E-state index < -0.39 is 24.2 Å². The third kappa shape index (κ3) is 5.38. The average molecular weight is 733 g/mol. The van der Waals surface area contributed by atoms with E-state index >= 15 is 0 Å². The van der Waals surface area contributed by atoms with Crippen molar-refractivity contribution < 1.29 is 11.0 Å². The van der Waals surface area contributed by atoms with Gasteiger partial charge in [-0.25, -0.2) is 0 Å². The highest BCUT2D eigenvalue weighted by Gasteiger charge is 2.26. The summed E-state index contributed by atoms with van der Waals surface area (Å²) in [5, 5.41) is 4.26. The van der Waals surface area contributed by atoms with E-state index in [1.807, 2.05) is 18.2 Å². The summed E-state index contributed by atoms with van der Waals surface area (Å²) in [6, 6.07) is 32.0. The number of aromatic nitrogens is 1. The Labute approximate surface area is 341 Å². The molecule has 0 unspecified atom stereocenters. The summed E-state index contributed by atoms with van der Waals surface area (Å²) in [5.74, 6) is 0. The van der Waals surface area contributed by atoms with E-state index in [1.54, 1.807) is 4.57 Å². The molecule has 1 aliphatic carbocycles. The zero-order valence-corrected chi connectivity index (χ0v) is 33.1. The van der Waals surface area contributed by atoms with Crippen molar-refractivity contribution >= 4 is 60.4 Å². The van der Waals surface area contributed by atoms with Crippen LogP contribution in [-0.2, 0) is 10.8 Å². The Morgan fingerprint density at radius 3 is 1.41 bits per heavy atom. The lowest BCUT2D eigenvalue weighted by molar-refractivity contribution is 0.590. The Hall–Kier alpha value is -6.12. The summed E-state index contributed by atoms with van der Waals surface area (Å²) in [7, 11) is 0. The van der Waals surface area contributed by atoms with Gasteiger partial charge >= 0.3 is 0 Å². The molecule has 1 aliphatic rings. The van der Waals surface area contributed by atoms with Crippen LogP contribution in [0.15, 0.2) is 145 Å². The molecule has 0 saturated heterocycles. The van der Waals surface area contributed by atoms with Crippen molar-refractivity contribution in [3.05, 3.63) is 168 Å². The summed E-state index contributed by atoms with van der Waals surface area (Å²) < 4.78 is 71.0. The maximum absolute atomic E-state index is 8.95. The Morgan fingerprint density at radius 2 is 0.911 bits per heavy atom. The molecule has 8 aromatic carbocycles. The minimum atomic E-state index is -0.455. The number of anilines is 3. The molecule has 10 rings (SSSR count). The van der Waals surface area contributed by atoms with Crippen molar-refractivity contribution in [3.8, 4) is 27.9 Å². The van der Waals surface area contributed by atoms with Gasteiger partial charge in [-0.1, -0.05) is 114 Å². The fourth-order valence-electron chi connectivity index (χ4n) is 8.40. The van der Waals surface area contributed by atoms with E-state index in [0.717, 1.165) is 55.3 Å². The molecule has 0 bridgehead atoms. The van der Waals surface area contributed by atoms with Crippen molar-refractivity contribution in [3.63, 3.8) is 0 Å². The van der Waals surface area contributed by atoms with Gasteiger partial charge in [-0.05, 0) is 163 Å². The quantitative estimate of drug-likeness (QED) is 0.175. The molecule has 0 spiro atoms. The van der Waals surface area contributed by atoms with Crippen molar-refractivity contribution in [1.82, 2.24) is 4.57 Å². The number of aryl methyl sites for hydroxylation is 2. The van der Waals surface area contributed by atoms with E-state index in [2.05, 4.69) is 139 Å². The van der Waals surface area contributed by atoms with E-state index in [1.165, 1.54) is 27.8 Å². The van der Waals surface area contributed by atoms with Crippen LogP contribution in [-0.4, -0.2) is 4.57 Å². The molecule has 274 valence electrons. The minimum absolute atomic E-state index is 0.0276. The van der Waals surface area contributed by atoms with Gasteiger partial charge in [0.2, 0.25) is 0 Å². The van der Waals surface area contributed by atoms with E-state index in [9.17, 15) is 0 Å². The van der Waals surface area contributed by atoms with Gasteiger partial charge in [0.15, 0.2) is 0 Å². The third-order valence-electron chi connectivity index (χ3n) is 11.7. The molecule has 0 aliphatic heterocycles. The molecule has 2 heteroatoms. The fraction of sp³-hybridized carbons (Fsp3) is 0.185. The van der Waals surface area contributed by atoms with Crippen molar-refractivity contribution in [2.75, 3.05) is 4.90 Å². The zero-order valence-electron chi connectivity index (χ0n) is 41.1. The first kappa shape index (κ1) is 26.6. The molecule has 56 heavy (non-hydrogen) atoms. The molecule has 0 amide bonds. The van der Waals surface area contributed by atoms with Gasteiger partial charge < -0.3 is 9.47 Å². The van der Waals surface area contributed by atoms with Crippen LogP contribution in [0.25, 0.3) is 71.3 Å². The van der Waals surface area contributed by atoms with Gasteiger partial charge in [0, 0.05) is 33.5 Å². The summed E-state index contributed by atoms with van der Waals surface area (Å²) in [4.78, 5) is 2.43. The summed E-state index contributed by atoms with van der Waals surface area (Å²) in [6.07, 6.45) is 0. The van der Waals surface area contributed by atoms with Crippen LogP contribution >= 0.6 is 0 Å². The normalized spacial score (nSPS) is 14.6. The molecular weight excluding hydrogens is 677 g/mol. The predicted octanol–water partition coefficient (Wildman–Crippen LogP) is 15.4. The standard InChI is InChI=1S/C54H48N2/c1-33-17-21-39(53(3,4)5)31-51(33)56(52-32-40(54(6,7)8)22-18-34(52)2)42-24-20-36-28-46-47-29-37-25-41(23-19-35(37)27-45(47)48(46)30-38(36)26-42)55-49-15-11-9-13-43(49)44-14-10-12-16-50(44)55/h9-32H,1-8H3/i9D,10D,11D,12D,13D,14D,15D,16D. The van der Waals surface area contributed by atoms with Gasteiger partial charge in [0.25, 0.3) is 0 Å². The average Bonchev–Trinajstić information content (AvgIpc) is 3.62. The Bertz CT molecular complexity index is 3390. The Kier molecular flexibility index (Phi) is 5.80. The van der Waals surface area contributed by atoms with Gasteiger partial charge in [0.1, 0.15) is 0 Å². The molecular formula is C54H48N2. The molecule has 9 aromatic rings. The first-order chi connectivity index (χ1) is 30.1. The van der Waals surface area contributed by atoms with E-state index in [0.29, 0.717) is 5.69 Å². The van der Waals surface area contributed by atoms with E-state index in [4.69, 9.17) is 11.0 Å². The number of nitrogens with zero attached hydrogens (tertiary/aromatic N) is 2. The largest absolute Gasteiger partial charge is 0.310 e. The summed E-state index contributed by atoms with van der Waals surface area (Å²) in [6.45, 7) is 17.9. The van der Waals surface area contributed by atoms with Crippen molar-refractivity contribution in [2.45, 2.75) is 66.2 Å². The second-order valence-electron chi connectivity index (χ2n) is 17.5. The highest BCUT2D eigenvalue weighted by atomic mass is 15.1. The van der Waals surface area contributed by atoms with E-state index in [-0.39, 0.29) is 56.8 Å². The molecule has 1 aromatic heterocycles. The number of rotatable bonds is 4. The minimum Gasteiger partial charge on any atom is -0.310 e. The van der Waals surface area contributed by atoms with Crippen LogP contribution in [0.5, 0.6) is 0 Å². The fourth-order valence-corrected chi connectivity index (χ4v) is 8.40. The zero-order chi connectivity index (χ0) is 45.6. The highest BCUT2D eigenvalue weighted by Crippen LogP contribution is 2.51. The second kappa shape index (κ2) is 12.2. The first-order valence-electron chi connectivity index (χ1n) is 23.4. The number of benzene rings is 8. The highest BCUT2D eigenvalue weighted by molar-refractivity contribution is 6.13. The van der Waals surface area contributed by atoms with Gasteiger partial charge in [-0.2, -0.15) is 0 Å². The first-order valence-corrected chi connectivity index (χ1v) is 19.4. The maximum atomic E-state index is 8.95. The number of hydrogen-bond donors (Lipinski definition) is 0. The van der Waals surface area contributed by atoms with Crippen LogP contribution in [0, 0.1) is 13.8 Å². The van der Waals surface area contributed by atoms with Gasteiger partial charge in [0.05, 0.1) is 22.0 Å². The molecule has 0 fully saturated rings. The Morgan fingerprint density at radius 1 is 0.464 bits per heavy atom. The van der Waals surface area contributed by atoms with Crippen molar-refractivity contribution in [2.24, 2.45) is 0 Å². The molecule has 1 heterocycles. The number of hydrogen-bond acceptors (Lipinski definition) is 1. The molecule has 0 saturated carbocycles. The maximum Gasteiger partial charge on any atom is 0.0645 e. The summed E-state index contributed by atoms with van der Waals surface area (Å²) in [5.41, 5.74) is 13.6. The Balaban J connectivity index is 1.12. The van der Waals surface area contributed by atoms with Crippen molar-refractivity contribution in [1.29, 1.82) is 0 Å². The lowest BCUT2D eigenvalue weighted by atomic mass is 9.78. The van der Waals surface area contributed by atoms with Crippen LogP contribution in [0.1, 0.15) is 74.8 Å². The predicted molar refractivity (Wildman–Crippen MR) is 242 cm³/mol. The second-order valence-corrected chi connectivity index (χ2v) is 17.5. The molecule has 2 nitrogen and oxygen atoms in total. The van der Waals surface area contributed by atoms with Crippen LogP contribution < -0.4 is 4.90 Å². The topological polar surface area (TPSA) is 8.17 Å².